The van der Waals surface area contributed by atoms with Gasteiger partial charge in [-0.3, -0.25) is 0 Å². The fourth-order valence-electron chi connectivity index (χ4n) is 7.06. The Morgan fingerprint density at radius 3 is 1.45 bits per heavy atom. The summed E-state index contributed by atoms with van der Waals surface area (Å²) in [5.41, 5.74) is -1.92. The van der Waals surface area contributed by atoms with E-state index in [0.29, 0.717) is 35.5 Å². The summed E-state index contributed by atoms with van der Waals surface area (Å²) < 4.78 is 0. The molecule has 0 aromatic carbocycles. The Bertz CT molecular complexity index is 615. The first-order valence-electron chi connectivity index (χ1n) is 8.80. The molecule has 0 aliphatic heterocycles. The first kappa shape index (κ1) is 12.3. The fraction of sp³-hybridized carbons (Fsp3) is 0.600. The van der Waals surface area contributed by atoms with Gasteiger partial charge >= 0.3 is 0 Å². The molecule has 0 amide bonds. The zero-order chi connectivity index (χ0) is 14.7. The summed E-state index contributed by atoms with van der Waals surface area (Å²) in [5, 5.41) is 23.4. The minimum absolute atomic E-state index is 0.123. The third kappa shape index (κ3) is 1.11. The van der Waals surface area contributed by atoms with Crippen molar-refractivity contribution in [1.82, 2.24) is 0 Å². The van der Waals surface area contributed by atoms with Gasteiger partial charge in [-0.2, -0.15) is 0 Å². The number of allylic oxidation sites excluding steroid dienone is 6. The summed E-state index contributed by atoms with van der Waals surface area (Å²) in [6.07, 6.45) is 19.5. The molecule has 2 heteroatoms. The van der Waals surface area contributed by atoms with Crippen LogP contribution in [0.2, 0.25) is 0 Å². The largest absolute Gasteiger partial charge is 0.386 e. The smallest absolute Gasteiger partial charge is 0.101 e. The maximum atomic E-state index is 11.7. The van der Waals surface area contributed by atoms with Gasteiger partial charge in [0, 0.05) is 11.8 Å². The highest BCUT2D eigenvalue weighted by Gasteiger charge is 2.70. The molecular formula is C20H22O2. The second kappa shape index (κ2) is 3.52. The van der Waals surface area contributed by atoms with Gasteiger partial charge in [-0.1, -0.05) is 48.6 Å². The van der Waals surface area contributed by atoms with Crippen LogP contribution in [-0.4, -0.2) is 21.4 Å². The number of rotatable bonds is 1. The molecule has 0 aromatic rings. The third-order valence-electron chi connectivity index (χ3n) is 7.90. The second-order valence-corrected chi connectivity index (χ2v) is 8.49. The van der Waals surface area contributed by atoms with Gasteiger partial charge < -0.3 is 10.2 Å². The van der Waals surface area contributed by atoms with Crippen LogP contribution in [0.4, 0.5) is 0 Å². The molecular weight excluding hydrogens is 272 g/mol. The molecule has 0 aromatic heterocycles. The van der Waals surface area contributed by atoms with E-state index in [-0.39, 0.29) is 11.8 Å². The fourth-order valence-corrected chi connectivity index (χ4v) is 7.06. The molecule has 0 unspecified atom stereocenters. The standard InChI is InChI=1S/C20H22O2/c21-19(9-13-3-1-11-5-7-15(19)17(11)13)20(22)10-14-4-2-12-6-8-16(20)18(12)14/h1-8,11-18,21-22H,9-10H2/t11-,12-,13+,14+,15-,16-,17-,18-,19+,20+/m1/s1. The van der Waals surface area contributed by atoms with Gasteiger partial charge in [0.2, 0.25) is 0 Å². The predicted molar refractivity (Wildman–Crippen MR) is 83.6 cm³/mol. The van der Waals surface area contributed by atoms with Gasteiger partial charge in [-0.15, -0.1) is 0 Å². The van der Waals surface area contributed by atoms with Gasteiger partial charge in [0.05, 0.1) is 0 Å². The van der Waals surface area contributed by atoms with E-state index in [1.165, 1.54) is 0 Å². The monoisotopic (exact) mass is 294 g/mol. The summed E-state index contributed by atoms with van der Waals surface area (Å²) in [6.45, 7) is 0. The third-order valence-corrected chi connectivity index (χ3v) is 7.90. The van der Waals surface area contributed by atoms with Crippen LogP contribution in [0.3, 0.4) is 0 Å². The van der Waals surface area contributed by atoms with Crippen LogP contribution in [0.25, 0.3) is 0 Å². The van der Waals surface area contributed by atoms with Crippen LogP contribution in [0, 0.1) is 47.3 Å². The summed E-state index contributed by atoms with van der Waals surface area (Å²) in [6, 6.07) is 0. The van der Waals surface area contributed by atoms with Gasteiger partial charge in [0.15, 0.2) is 0 Å². The van der Waals surface area contributed by atoms with Crippen molar-refractivity contribution in [2.45, 2.75) is 24.0 Å². The minimum Gasteiger partial charge on any atom is -0.386 e. The first-order chi connectivity index (χ1) is 10.6. The van der Waals surface area contributed by atoms with Crippen LogP contribution in [0.5, 0.6) is 0 Å². The topological polar surface area (TPSA) is 40.5 Å². The molecule has 0 bridgehead atoms. The Hall–Kier alpha value is -1.12. The normalized spacial score (nSPS) is 65.0. The molecule has 2 nitrogen and oxygen atoms in total. The Balaban J connectivity index is 1.47. The molecule has 0 saturated heterocycles. The van der Waals surface area contributed by atoms with E-state index in [1.807, 2.05) is 0 Å². The molecule has 2 N–H and O–H groups in total. The molecule has 2 fully saturated rings. The van der Waals surface area contributed by atoms with E-state index in [0.717, 1.165) is 12.8 Å². The van der Waals surface area contributed by atoms with Crippen molar-refractivity contribution in [2.75, 3.05) is 0 Å². The first-order valence-corrected chi connectivity index (χ1v) is 8.80. The van der Waals surface area contributed by atoms with E-state index in [1.54, 1.807) is 0 Å². The zero-order valence-corrected chi connectivity index (χ0v) is 12.5. The summed E-state index contributed by atoms with van der Waals surface area (Å²) in [5.74, 6) is 3.08. The highest BCUT2D eigenvalue weighted by molar-refractivity contribution is 5.37. The van der Waals surface area contributed by atoms with Crippen molar-refractivity contribution in [2.24, 2.45) is 47.3 Å². The lowest BCUT2D eigenvalue weighted by Crippen LogP contribution is -2.59. The molecule has 0 radical (unpaired) electrons. The molecule has 2 saturated carbocycles. The lowest BCUT2D eigenvalue weighted by molar-refractivity contribution is -0.180. The lowest BCUT2D eigenvalue weighted by Gasteiger charge is -2.45. The Labute approximate surface area is 130 Å². The zero-order valence-electron chi connectivity index (χ0n) is 12.5. The van der Waals surface area contributed by atoms with E-state index in [4.69, 9.17) is 0 Å². The maximum Gasteiger partial charge on any atom is 0.101 e. The molecule has 10 atom stereocenters. The van der Waals surface area contributed by atoms with Crippen molar-refractivity contribution >= 4 is 0 Å². The van der Waals surface area contributed by atoms with E-state index < -0.39 is 11.2 Å². The molecule has 0 spiro atoms. The van der Waals surface area contributed by atoms with Gasteiger partial charge in [0.25, 0.3) is 0 Å². The van der Waals surface area contributed by atoms with Crippen LogP contribution in [0.1, 0.15) is 12.8 Å². The summed E-state index contributed by atoms with van der Waals surface area (Å²) in [4.78, 5) is 0. The van der Waals surface area contributed by atoms with Crippen LogP contribution >= 0.6 is 0 Å². The quantitative estimate of drug-likeness (QED) is 0.729. The van der Waals surface area contributed by atoms with Crippen LogP contribution in [-0.2, 0) is 0 Å². The highest BCUT2D eigenvalue weighted by atomic mass is 16.4. The Kier molecular flexibility index (Phi) is 1.97. The average Bonchev–Trinajstić information content (AvgIpc) is 3.24. The SMILES string of the molecule is O[C@@]1([C@]2(O)C[C@@H]3C=C[C@@H]4C=C[C@@H]2[C@H]43)C[C@@H]2C=C[C@@H]3C=C[C@@H]1[C@H]32. The molecule has 6 aliphatic rings. The predicted octanol–water partition coefficient (Wildman–Crippen LogP) is 2.46. The minimum atomic E-state index is -0.958. The van der Waals surface area contributed by atoms with Crippen molar-refractivity contribution < 1.29 is 10.2 Å². The Morgan fingerprint density at radius 1 is 0.591 bits per heavy atom. The Morgan fingerprint density at radius 2 is 1.00 bits per heavy atom. The summed E-state index contributed by atoms with van der Waals surface area (Å²) in [7, 11) is 0. The van der Waals surface area contributed by atoms with E-state index >= 15 is 0 Å². The van der Waals surface area contributed by atoms with Crippen molar-refractivity contribution in [3.63, 3.8) is 0 Å². The van der Waals surface area contributed by atoms with E-state index in [9.17, 15) is 10.2 Å². The van der Waals surface area contributed by atoms with Gasteiger partial charge in [-0.25, -0.2) is 0 Å². The summed E-state index contributed by atoms with van der Waals surface area (Å²) >= 11 is 0. The average molecular weight is 294 g/mol. The number of hydrogen-bond acceptors (Lipinski definition) is 2. The molecule has 0 heterocycles. The second-order valence-electron chi connectivity index (χ2n) is 8.49. The lowest BCUT2D eigenvalue weighted by atomic mass is 9.68. The number of hydrogen-bond donors (Lipinski definition) is 2. The molecule has 6 aliphatic carbocycles. The van der Waals surface area contributed by atoms with Crippen molar-refractivity contribution in [3.05, 3.63) is 48.6 Å². The van der Waals surface area contributed by atoms with Crippen LogP contribution < -0.4 is 0 Å². The van der Waals surface area contributed by atoms with Gasteiger partial charge in [-0.05, 0) is 48.3 Å². The molecule has 22 heavy (non-hydrogen) atoms. The van der Waals surface area contributed by atoms with Crippen LogP contribution in [0.15, 0.2) is 48.6 Å². The highest BCUT2D eigenvalue weighted by Crippen LogP contribution is 2.66. The molecule has 6 rings (SSSR count). The van der Waals surface area contributed by atoms with Crippen molar-refractivity contribution in [3.8, 4) is 0 Å². The number of aliphatic hydroxyl groups is 2. The van der Waals surface area contributed by atoms with Crippen molar-refractivity contribution in [1.29, 1.82) is 0 Å². The van der Waals surface area contributed by atoms with E-state index in [2.05, 4.69) is 48.6 Å². The van der Waals surface area contributed by atoms with Gasteiger partial charge in [0.1, 0.15) is 11.2 Å². The maximum absolute atomic E-state index is 11.7. The molecule has 114 valence electrons.